The fraction of sp³-hybridized carbons (Fsp3) is 1.00. The van der Waals surface area contributed by atoms with Gasteiger partial charge in [0.05, 0.1) is 0 Å². The zero-order valence-corrected chi connectivity index (χ0v) is 20.8. The maximum absolute atomic E-state index is 6.96. The molecule has 0 amide bonds. The highest BCUT2D eigenvalue weighted by Crippen LogP contribution is 2.46. The molecule has 0 bridgehead atoms. The molecule has 1 aliphatic heterocycles. The average Bonchev–Trinajstić information content (AvgIpc) is 2.44. The van der Waals surface area contributed by atoms with Crippen LogP contribution in [-0.4, -0.2) is 82.1 Å². The van der Waals surface area contributed by atoms with Gasteiger partial charge >= 0.3 is 26.2 Å². The van der Waals surface area contributed by atoms with Crippen LogP contribution in [0.2, 0.25) is 16.6 Å². The van der Waals surface area contributed by atoms with Crippen LogP contribution in [0.5, 0.6) is 0 Å². The Balaban J connectivity index is 3.68. The van der Waals surface area contributed by atoms with E-state index >= 15 is 0 Å². The summed E-state index contributed by atoms with van der Waals surface area (Å²) in [7, 11) is 4.76. The molecule has 1 saturated heterocycles. The summed E-state index contributed by atoms with van der Waals surface area (Å²) < 4.78 is 27.5. The van der Waals surface area contributed by atoms with Gasteiger partial charge in [-0.2, -0.15) is 0 Å². The fourth-order valence-electron chi connectivity index (χ4n) is 3.50. The minimum absolute atomic E-state index is 0.313. The molecule has 1 fully saturated rings. The van der Waals surface area contributed by atoms with Crippen LogP contribution in [-0.2, 0) is 12.3 Å². The molecule has 24 heavy (non-hydrogen) atoms. The van der Waals surface area contributed by atoms with Crippen LogP contribution >= 0.6 is 0 Å². The van der Waals surface area contributed by atoms with Crippen molar-refractivity contribution >= 4 is 26.2 Å². The zero-order chi connectivity index (χ0) is 19.1. The molecule has 0 N–H and O–H groups in total. The van der Waals surface area contributed by atoms with Crippen LogP contribution in [0.15, 0.2) is 0 Å². The number of nitrogens with zero attached hydrogens (tertiary/aromatic N) is 3. The summed E-state index contributed by atoms with van der Waals surface area (Å²) in [5.74, 6) is 0. The van der Waals surface area contributed by atoms with Crippen molar-refractivity contribution in [3.05, 3.63) is 0 Å². The second-order valence-corrected chi connectivity index (χ2v) is 20.7. The van der Waals surface area contributed by atoms with E-state index in [0.717, 1.165) is 0 Å². The summed E-state index contributed by atoms with van der Waals surface area (Å²) in [4.78, 5) is 0. The van der Waals surface area contributed by atoms with Crippen molar-refractivity contribution in [3.8, 4) is 0 Å². The van der Waals surface area contributed by atoms with Crippen LogP contribution in [0, 0.1) is 0 Å². The third-order valence-corrected chi connectivity index (χ3v) is 20.1. The number of rotatable bonds is 6. The SMILES string of the molecule is CC(C)[Si]1(N(C)C)O[Si](C(C)C)(N(C)C)O[Si](C(C)C)(N(C)C)O1. The van der Waals surface area contributed by atoms with Crippen LogP contribution in [0.3, 0.4) is 0 Å². The van der Waals surface area contributed by atoms with E-state index in [2.05, 4.69) is 97.5 Å². The van der Waals surface area contributed by atoms with E-state index in [1.807, 2.05) is 0 Å². The van der Waals surface area contributed by atoms with Gasteiger partial charge in [-0.25, -0.2) is 0 Å². The second-order valence-electron chi connectivity index (χ2n) is 8.35. The van der Waals surface area contributed by atoms with Gasteiger partial charge in [-0.05, 0) is 42.3 Å². The van der Waals surface area contributed by atoms with Crippen molar-refractivity contribution in [2.45, 2.75) is 58.2 Å². The Morgan fingerprint density at radius 1 is 0.458 bits per heavy atom. The minimum Gasteiger partial charge on any atom is -0.391 e. The molecule has 1 rings (SSSR count). The lowest BCUT2D eigenvalue weighted by atomic mass is 10.6. The van der Waals surface area contributed by atoms with Gasteiger partial charge in [0.1, 0.15) is 0 Å². The molecule has 1 heterocycles. The van der Waals surface area contributed by atoms with Gasteiger partial charge in [-0.3, -0.25) is 13.7 Å². The van der Waals surface area contributed by atoms with Crippen molar-refractivity contribution in [1.29, 1.82) is 0 Å². The molecule has 0 saturated carbocycles. The van der Waals surface area contributed by atoms with Crippen molar-refractivity contribution in [1.82, 2.24) is 13.7 Å². The Morgan fingerprint density at radius 2 is 0.625 bits per heavy atom. The predicted molar refractivity (Wildman–Crippen MR) is 107 cm³/mol. The highest BCUT2D eigenvalue weighted by atomic mass is 28.5. The quantitative estimate of drug-likeness (QED) is 0.646. The van der Waals surface area contributed by atoms with Crippen molar-refractivity contribution in [2.24, 2.45) is 0 Å². The molecule has 144 valence electrons. The molecule has 0 atom stereocenters. The molecular formula is C15H39N3O3Si3. The lowest BCUT2D eigenvalue weighted by Gasteiger charge is -2.60. The Kier molecular flexibility index (Phi) is 7.08. The van der Waals surface area contributed by atoms with Gasteiger partial charge in [-0.1, -0.05) is 41.5 Å². The third-order valence-electron chi connectivity index (χ3n) is 4.94. The molecular weight excluding hydrogens is 354 g/mol. The predicted octanol–water partition coefficient (Wildman–Crippen LogP) is 2.78. The van der Waals surface area contributed by atoms with E-state index in [-0.39, 0.29) is 0 Å². The van der Waals surface area contributed by atoms with Gasteiger partial charge in [0, 0.05) is 16.6 Å². The van der Waals surface area contributed by atoms with Gasteiger partial charge in [0.15, 0.2) is 0 Å². The Morgan fingerprint density at radius 3 is 0.708 bits per heavy atom. The molecule has 0 aromatic rings. The van der Waals surface area contributed by atoms with Crippen LogP contribution in [0.25, 0.3) is 0 Å². The maximum atomic E-state index is 6.96. The highest BCUT2D eigenvalue weighted by Gasteiger charge is 2.69. The van der Waals surface area contributed by atoms with Crippen LogP contribution in [0.4, 0.5) is 0 Å². The molecule has 0 spiro atoms. The highest BCUT2D eigenvalue weighted by molar-refractivity contribution is 6.93. The van der Waals surface area contributed by atoms with Crippen molar-refractivity contribution in [2.75, 3.05) is 42.3 Å². The van der Waals surface area contributed by atoms with E-state index in [9.17, 15) is 0 Å². The standard InChI is InChI=1S/C15H39N3O3Si3/c1-13(2)22(16(7)8)19-23(14(3)4,17(9)10)21-24(20-22,15(5)6)18(11)12/h13-15H,1-12H3. The van der Waals surface area contributed by atoms with E-state index in [4.69, 9.17) is 12.3 Å². The third kappa shape index (κ3) is 3.47. The topological polar surface area (TPSA) is 37.4 Å². The number of hydrogen-bond donors (Lipinski definition) is 0. The van der Waals surface area contributed by atoms with Gasteiger partial charge in [-0.15, -0.1) is 0 Å². The Hall–Kier alpha value is 0.411. The van der Waals surface area contributed by atoms with E-state index in [1.54, 1.807) is 0 Å². The molecule has 0 unspecified atom stereocenters. The molecule has 0 radical (unpaired) electrons. The maximum Gasteiger partial charge on any atom is 0.414 e. The smallest absolute Gasteiger partial charge is 0.391 e. The summed E-state index contributed by atoms with van der Waals surface area (Å²) in [5, 5.41) is 0. The first-order chi connectivity index (χ1) is 10.8. The van der Waals surface area contributed by atoms with Crippen molar-refractivity contribution < 1.29 is 12.3 Å². The van der Waals surface area contributed by atoms with Gasteiger partial charge < -0.3 is 12.3 Å². The van der Waals surface area contributed by atoms with E-state index in [0.29, 0.717) is 16.6 Å². The second kappa shape index (κ2) is 7.57. The van der Waals surface area contributed by atoms with E-state index < -0.39 is 26.2 Å². The molecule has 0 aliphatic carbocycles. The number of hydrogen-bond acceptors (Lipinski definition) is 6. The largest absolute Gasteiger partial charge is 0.414 e. The monoisotopic (exact) mass is 393 g/mol. The molecule has 0 aromatic carbocycles. The Labute approximate surface area is 153 Å². The average molecular weight is 394 g/mol. The normalized spacial score (nSPS) is 35.2. The zero-order valence-electron chi connectivity index (χ0n) is 17.8. The Bertz CT molecular complexity index is 334. The first-order valence-electron chi connectivity index (χ1n) is 8.91. The molecule has 0 aromatic heterocycles. The summed E-state index contributed by atoms with van der Waals surface area (Å²) in [6.45, 7) is 13.3. The van der Waals surface area contributed by atoms with Crippen LogP contribution in [0.1, 0.15) is 41.5 Å². The van der Waals surface area contributed by atoms with Crippen LogP contribution < -0.4 is 0 Å². The van der Waals surface area contributed by atoms with Gasteiger partial charge in [0.2, 0.25) is 0 Å². The minimum atomic E-state index is -2.61. The van der Waals surface area contributed by atoms with Gasteiger partial charge in [0.25, 0.3) is 0 Å². The lowest BCUT2D eigenvalue weighted by molar-refractivity contribution is 0.103. The fourth-order valence-corrected chi connectivity index (χ4v) is 23.3. The summed E-state index contributed by atoms with van der Waals surface area (Å²) in [6, 6.07) is 0. The lowest BCUT2D eigenvalue weighted by Crippen LogP contribution is -2.82. The van der Waals surface area contributed by atoms with Crippen molar-refractivity contribution in [3.63, 3.8) is 0 Å². The molecule has 9 heteroatoms. The summed E-state index contributed by atoms with van der Waals surface area (Å²) in [5.41, 5.74) is 0.938. The summed E-state index contributed by atoms with van der Waals surface area (Å²) in [6.07, 6.45) is 0. The first kappa shape index (κ1) is 22.5. The first-order valence-corrected chi connectivity index (χ1v) is 14.4. The molecule has 1 aliphatic rings. The molecule has 6 nitrogen and oxygen atoms in total. The van der Waals surface area contributed by atoms with E-state index in [1.165, 1.54) is 0 Å². The summed E-state index contributed by atoms with van der Waals surface area (Å²) >= 11 is 0.